The summed E-state index contributed by atoms with van der Waals surface area (Å²) in [6.07, 6.45) is 0. The Morgan fingerprint density at radius 3 is 0.879 bits per heavy atom. The Hall–Kier alpha value is -12.1. The third kappa shape index (κ3) is 40.8. The number of carbonyl (C=O) groups is 4. The van der Waals surface area contributed by atoms with Crippen LogP contribution in [0.1, 0.15) is 57.8 Å². The molecular weight excluding hydrogens is 1850 g/mol. The summed E-state index contributed by atoms with van der Waals surface area (Å²) in [5.41, 5.74) is 5.53. The molecular formula is C99H139Cl2N23O17. The Morgan fingerprint density at radius 1 is 0.333 bits per heavy atom. The van der Waals surface area contributed by atoms with Crippen molar-refractivity contribution in [2.75, 3.05) is 224 Å². The van der Waals surface area contributed by atoms with Gasteiger partial charge in [-0.15, -0.1) is 32.7 Å². The number of nitriles is 1. The molecule has 40 nitrogen and oxygen atoms in total. The molecule has 141 heavy (non-hydrogen) atoms. The average molecular weight is 1990 g/mol. The summed E-state index contributed by atoms with van der Waals surface area (Å²) in [6, 6.07) is 61.1. The number of likely N-dealkylation sites (N-methyl/N-ethyl adjacent to an activating group) is 4. The van der Waals surface area contributed by atoms with E-state index in [1.54, 1.807) is 103 Å². The fourth-order valence-corrected chi connectivity index (χ4v) is 15.4. The molecule has 9 aromatic rings. The minimum Gasteiger partial charge on any atom is -0.425 e. The molecule has 42 heteroatoms. The minimum atomic E-state index is -0.565. The van der Waals surface area contributed by atoms with E-state index in [0.717, 1.165) is 92.7 Å². The van der Waals surface area contributed by atoms with Gasteiger partial charge in [-0.05, 0) is 53.1 Å². The summed E-state index contributed by atoms with van der Waals surface area (Å²) in [5.74, 6) is -1.17. The molecule has 0 radical (unpaired) electrons. The Bertz CT molecular complexity index is 5570. The second-order valence-electron chi connectivity index (χ2n) is 34.3. The summed E-state index contributed by atoms with van der Waals surface area (Å²) >= 11 is 9.53. The molecule has 4 amide bonds. The van der Waals surface area contributed by atoms with Crippen LogP contribution < -0.4 is 53.7 Å². The van der Waals surface area contributed by atoms with Gasteiger partial charge in [-0.25, -0.2) is 15.2 Å². The van der Waals surface area contributed by atoms with E-state index >= 15 is 0 Å². The molecule has 3 aromatic carbocycles. The number of halogens is 2. The van der Waals surface area contributed by atoms with Crippen LogP contribution in [0.25, 0.3) is 0 Å². The lowest BCUT2D eigenvalue weighted by Gasteiger charge is -2.35. The van der Waals surface area contributed by atoms with Crippen LogP contribution in [0.4, 0.5) is 0 Å². The summed E-state index contributed by atoms with van der Waals surface area (Å²) in [4.78, 5) is 166. The fraction of sp³-hybridized carbons (Fsp3) is 0.465. The van der Waals surface area contributed by atoms with Crippen molar-refractivity contribution in [2.24, 2.45) is 14.1 Å². The number of pyridine rings is 6. The molecule has 0 saturated carbocycles. The average Bonchev–Trinajstić information content (AvgIpc) is 0.839. The number of carbonyl (C=O) groups excluding carboxylic acids is 4. The molecule has 6 N–H and O–H groups in total. The van der Waals surface area contributed by atoms with Crippen molar-refractivity contribution in [3.63, 3.8) is 0 Å². The first kappa shape index (κ1) is 114. The summed E-state index contributed by atoms with van der Waals surface area (Å²) in [5, 5.41) is 56.8. The monoisotopic (exact) mass is 1990 g/mol. The zero-order valence-corrected chi connectivity index (χ0v) is 83.7. The van der Waals surface area contributed by atoms with Crippen molar-refractivity contribution in [3.05, 3.63) is 313 Å². The molecule has 0 aliphatic carbocycles. The van der Waals surface area contributed by atoms with Gasteiger partial charge in [0.05, 0.1) is 60.4 Å². The van der Waals surface area contributed by atoms with Crippen molar-refractivity contribution >= 4 is 46.8 Å². The molecule has 3 fully saturated rings. The molecule has 0 bridgehead atoms. The third-order valence-corrected chi connectivity index (χ3v) is 23.8. The number of amides is 4. The highest BCUT2D eigenvalue weighted by Crippen LogP contribution is 2.16. The largest absolute Gasteiger partial charge is 0.425 e. The zero-order valence-electron chi connectivity index (χ0n) is 82.2. The molecule has 0 spiro atoms. The van der Waals surface area contributed by atoms with E-state index < -0.39 is 22.9 Å². The molecule has 3 saturated heterocycles. The van der Waals surface area contributed by atoms with E-state index in [-0.39, 0.29) is 91.9 Å². The lowest BCUT2D eigenvalue weighted by molar-refractivity contribution is -0.183. The van der Waals surface area contributed by atoms with Crippen molar-refractivity contribution < 1.29 is 54.5 Å². The second kappa shape index (κ2) is 62.3. The van der Waals surface area contributed by atoms with Crippen LogP contribution in [0.3, 0.4) is 0 Å². The molecule has 766 valence electrons. The number of alkyl halides is 2. The summed E-state index contributed by atoms with van der Waals surface area (Å²) in [6.45, 7) is 20.2. The van der Waals surface area contributed by atoms with Gasteiger partial charge in [-0.1, -0.05) is 127 Å². The quantitative estimate of drug-likeness (QED) is 0.0170. The summed E-state index contributed by atoms with van der Waals surface area (Å²) in [7, 11) is 11.3. The number of benzene rings is 3. The van der Waals surface area contributed by atoms with Crippen LogP contribution in [0, 0.1) is 11.3 Å². The Kier molecular flexibility index (Phi) is 50.4. The molecule has 3 aliphatic heterocycles. The highest BCUT2D eigenvalue weighted by molar-refractivity contribution is 6.40. The van der Waals surface area contributed by atoms with E-state index in [0.29, 0.717) is 168 Å². The van der Waals surface area contributed by atoms with Gasteiger partial charge < -0.3 is 44.8 Å². The van der Waals surface area contributed by atoms with Gasteiger partial charge in [0.1, 0.15) is 19.8 Å². The lowest BCUT2D eigenvalue weighted by Crippen LogP contribution is -2.49. The van der Waals surface area contributed by atoms with Crippen LogP contribution in [-0.4, -0.2) is 365 Å². The molecule has 3 aliphatic rings. The first-order valence-corrected chi connectivity index (χ1v) is 48.0. The standard InChI is InChI=1S/C42H56N8O6.C28H38N6O3.C26H40N8O8.C2H3N.CH2Cl2/c1-43(2)41(53)31-48-25-21-46(29-37-17-11-19-39(51)44(37)3)22-27-49(32-42(54)45(4)55-33-35-13-7-5-8-14-35)28-24-47(23-26-48)30-38-18-12-20-40(52)50(38)56-34-36-15-9-6-10-16-36;1-31-25(9-5-11-27(31)35)21-32-17-13-29-15-19-33(20-16-30-14-18-32)22-26-10-6-12-28(36)34(26)37-23-24-7-3-2-4-8-24;1-27(39)25(37)19-31-13-9-29(17-21-5-3-7-23(35)33(21)41)11-15-32(20-26(38)28(2)40)16-12-30(10-14-31)18-22-6-4-8-24(36)34(22)42;1-2-3;2-1-3/h5-20H,21-34H2,1-4H3;2-12,29-30H,13-23H2,1H3;3-8,39-42H,9-20H2,1-2H3;1H3;1H2. The first-order chi connectivity index (χ1) is 67.9. The first-order valence-electron chi connectivity index (χ1n) is 46.9. The van der Waals surface area contributed by atoms with Gasteiger partial charge in [-0.2, -0.15) is 14.7 Å². The highest BCUT2D eigenvalue weighted by atomic mass is 35.5. The van der Waals surface area contributed by atoms with E-state index in [9.17, 15) is 68.8 Å². The molecule has 0 unspecified atom stereocenters. The van der Waals surface area contributed by atoms with Crippen molar-refractivity contribution in [1.29, 1.82) is 5.26 Å². The van der Waals surface area contributed by atoms with E-state index in [4.69, 9.17) is 43.0 Å². The third-order valence-electron chi connectivity index (χ3n) is 23.8. The Labute approximate surface area is 833 Å². The van der Waals surface area contributed by atoms with Gasteiger partial charge >= 0.3 is 0 Å². The van der Waals surface area contributed by atoms with Gasteiger partial charge in [0.2, 0.25) is 17.0 Å². The van der Waals surface area contributed by atoms with E-state index in [2.05, 4.69) is 40.0 Å². The van der Waals surface area contributed by atoms with E-state index in [1.165, 1.54) is 59.8 Å². The number of hydrogen-bond acceptors (Lipinski definition) is 30. The van der Waals surface area contributed by atoms with Crippen LogP contribution in [0.5, 0.6) is 0 Å². The SMILES string of the molecule is CC#N.CN(C)C(=O)CN1CCN(Cc2cccc(=O)n2C)CCN(CC(=O)N(C)OCc2ccccc2)CCN(Cc2cccc(=O)n2OCc2ccccc2)CC1.CN(O)C(=O)CN1CCN(Cc2cccc(=O)n2O)CCN(CC(=O)N(C)O)CCN(Cc2cccc(=O)n2O)CC1.ClCCl.Cn1c(CN2CCNCCN(Cc3cccc(=O)n3OCc3ccccc3)CCNCC2)cccc1=O. The van der Waals surface area contributed by atoms with Crippen LogP contribution >= 0.6 is 23.2 Å². The predicted molar refractivity (Wildman–Crippen MR) is 537 cm³/mol. The topological polar surface area (TPSA) is 402 Å². The summed E-state index contributed by atoms with van der Waals surface area (Å²) < 4.78 is 7.35. The van der Waals surface area contributed by atoms with Crippen molar-refractivity contribution in [3.8, 4) is 6.07 Å². The molecule has 9 heterocycles. The maximum Gasteiger partial charge on any atom is 0.283 e. The number of hydrogen-bond donors (Lipinski definition) is 6. The minimum absolute atomic E-state index is 0.00940. The molecule has 0 atom stereocenters. The molecule has 6 aromatic heterocycles. The number of rotatable bonds is 29. The van der Waals surface area contributed by atoms with Gasteiger partial charge in [0.25, 0.3) is 40.0 Å². The van der Waals surface area contributed by atoms with Crippen LogP contribution in [0.2, 0.25) is 0 Å². The number of nitrogens with zero attached hydrogens (tertiary/aromatic N) is 21. The van der Waals surface area contributed by atoms with Crippen LogP contribution in [0.15, 0.2) is 229 Å². The Balaban J connectivity index is 0.000000257. The highest BCUT2D eigenvalue weighted by Gasteiger charge is 2.27. The van der Waals surface area contributed by atoms with Crippen molar-refractivity contribution in [1.82, 2.24) is 108 Å². The van der Waals surface area contributed by atoms with Gasteiger partial charge in [-0.3, -0.25) is 112 Å². The normalized spacial score (nSPS) is 15.7. The van der Waals surface area contributed by atoms with Crippen LogP contribution in [-0.2, 0) is 97.2 Å². The number of nitrogens with one attached hydrogen (secondary N) is 2. The fourth-order valence-electron chi connectivity index (χ4n) is 15.4. The second-order valence-corrected chi connectivity index (χ2v) is 35.1. The lowest BCUT2D eigenvalue weighted by atomic mass is 10.2. The maximum atomic E-state index is 13.6. The smallest absolute Gasteiger partial charge is 0.283 e. The zero-order chi connectivity index (χ0) is 102. The van der Waals surface area contributed by atoms with E-state index in [1.807, 2.05) is 148 Å². The van der Waals surface area contributed by atoms with Crippen molar-refractivity contribution in [2.45, 2.75) is 66.0 Å². The van der Waals surface area contributed by atoms with Gasteiger partial charge in [0.15, 0.2) is 0 Å². The van der Waals surface area contributed by atoms with Gasteiger partial charge in [0, 0.05) is 300 Å². The maximum absolute atomic E-state index is 13.6. The number of hydroxylamine groups is 6. The molecule has 12 rings (SSSR count). The Morgan fingerprint density at radius 2 is 0.574 bits per heavy atom. The number of aromatic nitrogens is 6. The predicted octanol–water partition coefficient (Wildman–Crippen LogP) is 2.50.